The van der Waals surface area contributed by atoms with Gasteiger partial charge in [-0.25, -0.2) is 9.97 Å². The average Bonchev–Trinajstić information content (AvgIpc) is 2.23. The van der Waals surface area contributed by atoms with E-state index in [1.54, 1.807) is 13.0 Å². The highest BCUT2D eigenvalue weighted by Crippen LogP contribution is 2.20. The number of hydrogen-bond acceptors (Lipinski definition) is 4. The summed E-state index contributed by atoms with van der Waals surface area (Å²) in [5.41, 5.74) is 6.39. The van der Waals surface area contributed by atoms with Crippen LogP contribution in [-0.2, 0) is 0 Å². The number of nitrogens with zero attached hydrogens (tertiary/aromatic N) is 3. The minimum absolute atomic E-state index is 0.0889. The normalized spacial score (nSPS) is 11.4. The summed E-state index contributed by atoms with van der Waals surface area (Å²) in [5, 5.41) is 0. The number of aromatic nitrogens is 2. The molecule has 8 heteroatoms. The summed E-state index contributed by atoms with van der Waals surface area (Å²) in [7, 11) is 1.49. The number of thiocarbonyl (C=S) groups is 1. The molecule has 0 aromatic carbocycles. The fourth-order valence-electron chi connectivity index (χ4n) is 1.24. The highest BCUT2D eigenvalue weighted by atomic mass is 32.1. The summed E-state index contributed by atoms with van der Waals surface area (Å²) in [5.74, 6) is 0.182. The first kappa shape index (κ1) is 14.6. The Bertz CT molecular complexity index is 447. The summed E-state index contributed by atoms with van der Waals surface area (Å²) in [6.07, 6.45) is -5.13. The van der Waals surface area contributed by atoms with Crippen molar-refractivity contribution in [2.24, 2.45) is 5.73 Å². The topological polar surface area (TPSA) is 55.0 Å². The van der Waals surface area contributed by atoms with Crippen LogP contribution in [0.1, 0.15) is 17.8 Å². The van der Waals surface area contributed by atoms with E-state index in [0.717, 1.165) is 0 Å². The van der Waals surface area contributed by atoms with Crippen molar-refractivity contribution in [3.63, 3.8) is 0 Å². The largest absolute Gasteiger partial charge is 0.390 e. The quantitative estimate of drug-likeness (QED) is 0.851. The minimum atomic E-state index is -4.20. The van der Waals surface area contributed by atoms with Gasteiger partial charge in [-0.1, -0.05) is 12.2 Å². The Morgan fingerprint density at radius 1 is 1.44 bits per heavy atom. The molecule has 100 valence electrons. The molecule has 0 fully saturated rings. The average molecular weight is 278 g/mol. The van der Waals surface area contributed by atoms with E-state index < -0.39 is 12.6 Å². The number of hydrogen-bond donors (Lipinski definition) is 1. The SMILES string of the molecule is Cc1cc(C(N)=S)nc(N(C)CCC(F)(F)F)n1. The maximum Gasteiger partial charge on any atom is 0.390 e. The summed E-state index contributed by atoms with van der Waals surface area (Å²) in [6, 6.07) is 1.59. The Balaban J connectivity index is 2.85. The second-order valence-electron chi connectivity index (χ2n) is 3.85. The molecular formula is C10H13F3N4S. The van der Waals surface area contributed by atoms with Crippen LogP contribution in [0.3, 0.4) is 0 Å². The highest BCUT2D eigenvalue weighted by Gasteiger charge is 2.27. The Morgan fingerprint density at radius 2 is 2.06 bits per heavy atom. The molecule has 0 unspecified atom stereocenters. The third kappa shape index (κ3) is 4.44. The van der Waals surface area contributed by atoms with E-state index in [4.69, 9.17) is 18.0 Å². The van der Waals surface area contributed by atoms with E-state index in [-0.39, 0.29) is 17.5 Å². The van der Waals surface area contributed by atoms with E-state index in [0.29, 0.717) is 11.4 Å². The van der Waals surface area contributed by atoms with Gasteiger partial charge in [0.1, 0.15) is 10.7 Å². The molecule has 1 heterocycles. The molecule has 18 heavy (non-hydrogen) atoms. The third-order valence-electron chi connectivity index (χ3n) is 2.17. The lowest BCUT2D eigenvalue weighted by atomic mass is 10.3. The predicted octanol–water partition coefficient (Wildman–Crippen LogP) is 1.81. The molecule has 0 atom stereocenters. The maximum atomic E-state index is 12.1. The van der Waals surface area contributed by atoms with Crippen molar-refractivity contribution in [2.75, 3.05) is 18.5 Å². The number of rotatable bonds is 4. The fourth-order valence-corrected chi connectivity index (χ4v) is 1.35. The third-order valence-corrected chi connectivity index (χ3v) is 2.38. The van der Waals surface area contributed by atoms with E-state index in [9.17, 15) is 13.2 Å². The van der Waals surface area contributed by atoms with E-state index >= 15 is 0 Å². The van der Waals surface area contributed by atoms with Crippen molar-refractivity contribution in [3.05, 3.63) is 17.5 Å². The van der Waals surface area contributed by atoms with Crippen LogP contribution in [0, 0.1) is 6.92 Å². The van der Waals surface area contributed by atoms with E-state index in [1.807, 2.05) is 0 Å². The van der Waals surface area contributed by atoms with Crippen LogP contribution in [-0.4, -0.2) is 34.7 Å². The van der Waals surface area contributed by atoms with Gasteiger partial charge in [-0.15, -0.1) is 0 Å². The van der Waals surface area contributed by atoms with Gasteiger partial charge in [0.15, 0.2) is 0 Å². The van der Waals surface area contributed by atoms with Crippen molar-refractivity contribution in [1.29, 1.82) is 0 Å². The lowest BCUT2D eigenvalue weighted by Crippen LogP contribution is -2.26. The van der Waals surface area contributed by atoms with Crippen LogP contribution in [0.15, 0.2) is 6.07 Å². The Labute approximate surface area is 108 Å². The molecule has 1 aromatic heterocycles. The second kappa shape index (κ2) is 5.47. The molecule has 1 rings (SSSR count). The van der Waals surface area contributed by atoms with Crippen LogP contribution >= 0.6 is 12.2 Å². The molecule has 0 saturated carbocycles. The Morgan fingerprint density at radius 3 is 2.56 bits per heavy atom. The molecule has 0 aliphatic carbocycles. The lowest BCUT2D eigenvalue weighted by molar-refractivity contribution is -0.132. The van der Waals surface area contributed by atoms with E-state index in [2.05, 4.69) is 9.97 Å². The van der Waals surface area contributed by atoms with Gasteiger partial charge in [0.05, 0.1) is 6.42 Å². The van der Waals surface area contributed by atoms with Gasteiger partial charge >= 0.3 is 6.18 Å². The fraction of sp³-hybridized carbons (Fsp3) is 0.500. The van der Waals surface area contributed by atoms with Gasteiger partial charge < -0.3 is 10.6 Å². The van der Waals surface area contributed by atoms with Crippen LogP contribution in [0.2, 0.25) is 0 Å². The summed E-state index contributed by atoms with van der Waals surface area (Å²) >= 11 is 4.78. The molecule has 0 spiro atoms. The second-order valence-corrected chi connectivity index (χ2v) is 4.29. The van der Waals surface area contributed by atoms with Crippen LogP contribution in [0.5, 0.6) is 0 Å². The van der Waals surface area contributed by atoms with Gasteiger partial charge in [-0.2, -0.15) is 13.2 Å². The minimum Gasteiger partial charge on any atom is -0.388 e. The monoisotopic (exact) mass is 278 g/mol. The smallest absolute Gasteiger partial charge is 0.388 e. The number of halogens is 3. The first-order valence-electron chi connectivity index (χ1n) is 5.12. The summed E-state index contributed by atoms with van der Waals surface area (Å²) in [4.78, 5) is 9.47. The summed E-state index contributed by atoms with van der Waals surface area (Å²) < 4.78 is 36.3. The van der Waals surface area contributed by atoms with Crippen molar-refractivity contribution in [3.8, 4) is 0 Å². The molecule has 4 nitrogen and oxygen atoms in total. The Kier molecular flexibility index (Phi) is 4.44. The highest BCUT2D eigenvalue weighted by molar-refractivity contribution is 7.80. The van der Waals surface area contributed by atoms with Crippen molar-refractivity contribution < 1.29 is 13.2 Å². The van der Waals surface area contributed by atoms with Crippen molar-refractivity contribution >= 4 is 23.2 Å². The van der Waals surface area contributed by atoms with Crippen LogP contribution in [0.25, 0.3) is 0 Å². The van der Waals surface area contributed by atoms with E-state index in [1.165, 1.54) is 11.9 Å². The number of anilines is 1. The lowest BCUT2D eigenvalue weighted by Gasteiger charge is -2.18. The van der Waals surface area contributed by atoms with Gasteiger partial charge in [0.25, 0.3) is 0 Å². The summed E-state index contributed by atoms with van der Waals surface area (Å²) in [6.45, 7) is 1.48. The first-order valence-corrected chi connectivity index (χ1v) is 5.53. The predicted molar refractivity (Wildman–Crippen MR) is 66.6 cm³/mol. The zero-order valence-corrected chi connectivity index (χ0v) is 10.8. The Hall–Kier alpha value is -1.44. The van der Waals surface area contributed by atoms with Gasteiger partial charge in [-0.05, 0) is 13.0 Å². The van der Waals surface area contributed by atoms with Gasteiger partial charge in [0, 0.05) is 19.3 Å². The molecule has 0 aliphatic rings. The number of nitrogens with two attached hydrogens (primary N) is 1. The van der Waals surface area contributed by atoms with Crippen LogP contribution < -0.4 is 10.6 Å². The number of aryl methyl sites for hydroxylation is 1. The zero-order chi connectivity index (χ0) is 13.9. The molecular weight excluding hydrogens is 265 g/mol. The molecule has 0 amide bonds. The molecule has 0 saturated heterocycles. The molecule has 0 aliphatic heterocycles. The first-order chi connectivity index (χ1) is 8.19. The maximum absolute atomic E-state index is 12.1. The van der Waals surface area contributed by atoms with Crippen molar-refractivity contribution in [2.45, 2.75) is 19.5 Å². The molecule has 0 radical (unpaired) electrons. The molecule has 1 aromatic rings. The van der Waals surface area contributed by atoms with Crippen LogP contribution in [0.4, 0.5) is 19.1 Å². The molecule has 0 bridgehead atoms. The number of alkyl halides is 3. The molecule has 2 N–H and O–H groups in total. The zero-order valence-electron chi connectivity index (χ0n) is 9.95. The van der Waals surface area contributed by atoms with Gasteiger partial charge in [-0.3, -0.25) is 0 Å². The standard InChI is InChI=1S/C10H13F3N4S/c1-6-5-7(8(14)18)16-9(15-6)17(2)4-3-10(11,12)13/h5H,3-4H2,1-2H3,(H2,14,18). The van der Waals surface area contributed by atoms with Crippen molar-refractivity contribution in [1.82, 2.24) is 9.97 Å². The van der Waals surface area contributed by atoms with Gasteiger partial charge in [0.2, 0.25) is 5.95 Å².